The van der Waals surface area contributed by atoms with E-state index >= 15 is 0 Å². The van der Waals surface area contributed by atoms with E-state index in [0.29, 0.717) is 39.6 Å². The Labute approximate surface area is 217 Å². The van der Waals surface area contributed by atoms with Gasteiger partial charge in [-0.15, -0.1) is 0 Å². The van der Waals surface area contributed by atoms with Crippen molar-refractivity contribution >= 4 is 39.3 Å². The normalized spacial score (nSPS) is 11.8. The molecule has 9 nitrogen and oxygen atoms in total. The number of halogens is 1. The van der Waals surface area contributed by atoms with Crippen LogP contribution in [0.25, 0.3) is 33.3 Å². The molecule has 190 valence electrons. The fourth-order valence-corrected chi connectivity index (χ4v) is 4.98. The second kappa shape index (κ2) is 9.15. The van der Waals surface area contributed by atoms with Gasteiger partial charge in [0.05, 0.1) is 17.8 Å². The number of aromatic nitrogens is 6. The molecule has 0 unspecified atom stereocenters. The zero-order valence-electron chi connectivity index (χ0n) is 21.3. The number of hydrogen-bond acceptors (Lipinski definition) is 5. The lowest BCUT2D eigenvalue weighted by Gasteiger charge is -2.12. The fraction of sp³-hybridized carbons (Fsp3) is 0.296. The Morgan fingerprint density at radius 1 is 1.14 bits per heavy atom. The molecular weight excluding hydrogens is 492 g/mol. The number of aryl methyl sites for hydroxylation is 1. The van der Waals surface area contributed by atoms with Gasteiger partial charge in [-0.1, -0.05) is 31.5 Å². The van der Waals surface area contributed by atoms with Crippen LogP contribution in [0.1, 0.15) is 36.7 Å². The average Bonchev–Trinajstić information content (AvgIpc) is 3.42. The Kier molecular flexibility index (Phi) is 6.11. The van der Waals surface area contributed by atoms with Crippen LogP contribution < -0.4 is 11.2 Å². The molecule has 0 N–H and O–H groups in total. The summed E-state index contributed by atoms with van der Waals surface area (Å²) in [6.07, 6.45) is 3.44. The van der Waals surface area contributed by atoms with Crippen molar-refractivity contribution in [1.82, 2.24) is 28.5 Å². The van der Waals surface area contributed by atoms with Crippen LogP contribution in [0.2, 0.25) is 5.02 Å². The standard InChI is InChI=1S/C27H27ClN6O3/c1-15(2)12-33-25-23(26(36)32(5)27(33)37)24(22-11-17(16(3)35)13-31(22)4)34(30-25)14-19-18-7-6-10-29-21(18)9-8-20(19)28/h6-11,13,15H,12,14H2,1-5H3. The van der Waals surface area contributed by atoms with Crippen LogP contribution in [0.15, 0.2) is 52.3 Å². The molecule has 5 aromatic rings. The van der Waals surface area contributed by atoms with Crippen LogP contribution in [0.4, 0.5) is 0 Å². The van der Waals surface area contributed by atoms with Crippen molar-refractivity contribution in [2.24, 2.45) is 20.0 Å². The highest BCUT2D eigenvalue weighted by atomic mass is 35.5. The Bertz CT molecular complexity index is 1820. The van der Waals surface area contributed by atoms with Gasteiger partial charge < -0.3 is 4.57 Å². The number of pyridine rings is 1. The van der Waals surface area contributed by atoms with E-state index in [2.05, 4.69) is 4.98 Å². The van der Waals surface area contributed by atoms with Crippen molar-refractivity contribution in [3.05, 3.63) is 79.7 Å². The van der Waals surface area contributed by atoms with Gasteiger partial charge in [0.15, 0.2) is 11.4 Å². The van der Waals surface area contributed by atoms with Gasteiger partial charge in [-0.05, 0) is 37.1 Å². The summed E-state index contributed by atoms with van der Waals surface area (Å²) >= 11 is 6.67. The molecule has 4 aromatic heterocycles. The van der Waals surface area contributed by atoms with Gasteiger partial charge in [0.25, 0.3) is 5.56 Å². The van der Waals surface area contributed by atoms with E-state index in [9.17, 15) is 14.4 Å². The lowest BCUT2D eigenvalue weighted by molar-refractivity contribution is 0.101. The van der Waals surface area contributed by atoms with Crippen molar-refractivity contribution in [2.75, 3.05) is 0 Å². The molecular formula is C27H27ClN6O3. The van der Waals surface area contributed by atoms with E-state index in [1.807, 2.05) is 39.1 Å². The quantitative estimate of drug-likeness (QED) is 0.316. The molecule has 0 atom stereocenters. The van der Waals surface area contributed by atoms with E-state index in [0.717, 1.165) is 21.0 Å². The second-order valence-corrected chi connectivity index (χ2v) is 10.1. The first-order valence-electron chi connectivity index (χ1n) is 12.0. The van der Waals surface area contributed by atoms with Crippen LogP contribution in [0, 0.1) is 5.92 Å². The summed E-state index contributed by atoms with van der Waals surface area (Å²) in [5.41, 5.74) is 2.66. The molecule has 0 aliphatic carbocycles. The van der Waals surface area contributed by atoms with Crippen molar-refractivity contribution in [3.63, 3.8) is 0 Å². The maximum atomic E-state index is 13.6. The van der Waals surface area contributed by atoms with Crippen LogP contribution >= 0.6 is 11.6 Å². The third kappa shape index (κ3) is 4.09. The second-order valence-electron chi connectivity index (χ2n) is 9.73. The summed E-state index contributed by atoms with van der Waals surface area (Å²) in [7, 11) is 3.29. The molecule has 0 radical (unpaired) electrons. The summed E-state index contributed by atoms with van der Waals surface area (Å²) in [5, 5.41) is 6.55. The van der Waals surface area contributed by atoms with Crippen molar-refractivity contribution in [3.8, 4) is 11.4 Å². The van der Waals surface area contributed by atoms with E-state index in [-0.39, 0.29) is 18.2 Å². The molecule has 0 aliphatic heterocycles. The summed E-state index contributed by atoms with van der Waals surface area (Å²) < 4.78 is 6.16. The zero-order chi connectivity index (χ0) is 26.6. The number of benzene rings is 1. The lowest BCUT2D eigenvalue weighted by Crippen LogP contribution is -2.38. The molecule has 0 amide bonds. The summed E-state index contributed by atoms with van der Waals surface area (Å²) in [6, 6.07) is 9.18. The molecule has 0 saturated heterocycles. The minimum Gasteiger partial charge on any atom is -0.349 e. The highest BCUT2D eigenvalue weighted by molar-refractivity contribution is 6.32. The van der Waals surface area contributed by atoms with E-state index in [1.165, 1.54) is 14.0 Å². The third-order valence-corrected chi connectivity index (χ3v) is 6.93. The lowest BCUT2D eigenvalue weighted by atomic mass is 10.1. The first-order chi connectivity index (χ1) is 17.6. The molecule has 4 heterocycles. The largest absolute Gasteiger partial charge is 0.349 e. The van der Waals surface area contributed by atoms with Gasteiger partial charge in [-0.2, -0.15) is 5.10 Å². The molecule has 0 spiro atoms. The summed E-state index contributed by atoms with van der Waals surface area (Å²) in [4.78, 5) is 43.3. The zero-order valence-corrected chi connectivity index (χ0v) is 22.1. The van der Waals surface area contributed by atoms with Crippen molar-refractivity contribution in [2.45, 2.75) is 33.9 Å². The molecule has 0 bridgehead atoms. The van der Waals surface area contributed by atoms with Crippen LogP contribution in [0.3, 0.4) is 0 Å². The number of rotatable bonds is 6. The number of fused-ring (bicyclic) bond motifs is 2. The Morgan fingerprint density at radius 2 is 1.89 bits per heavy atom. The van der Waals surface area contributed by atoms with Gasteiger partial charge >= 0.3 is 5.69 Å². The molecule has 37 heavy (non-hydrogen) atoms. The highest BCUT2D eigenvalue weighted by Gasteiger charge is 2.25. The number of carbonyl (C=O) groups is 1. The summed E-state index contributed by atoms with van der Waals surface area (Å²) in [6.45, 7) is 6.12. The Hall–Kier alpha value is -3.98. The van der Waals surface area contributed by atoms with Gasteiger partial charge in [0.2, 0.25) is 0 Å². The SMILES string of the molecule is CC(=O)c1cc(-c2c3c(=O)n(C)c(=O)n(CC(C)C)c3nn2Cc2c(Cl)ccc3ncccc23)n(C)c1. The van der Waals surface area contributed by atoms with E-state index < -0.39 is 11.2 Å². The van der Waals surface area contributed by atoms with Gasteiger partial charge in [0, 0.05) is 54.6 Å². The van der Waals surface area contributed by atoms with Crippen molar-refractivity contribution in [1.29, 1.82) is 0 Å². The first kappa shape index (κ1) is 24.7. The van der Waals surface area contributed by atoms with Crippen LogP contribution in [0.5, 0.6) is 0 Å². The summed E-state index contributed by atoms with van der Waals surface area (Å²) in [5.74, 6) is 0.0509. The van der Waals surface area contributed by atoms with E-state index in [1.54, 1.807) is 38.3 Å². The minimum atomic E-state index is -0.447. The monoisotopic (exact) mass is 518 g/mol. The van der Waals surface area contributed by atoms with Gasteiger partial charge in [-0.3, -0.25) is 28.4 Å². The fourth-order valence-electron chi connectivity index (χ4n) is 4.76. The Morgan fingerprint density at radius 3 is 2.57 bits per heavy atom. The first-order valence-corrected chi connectivity index (χ1v) is 12.4. The van der Waals surface area contributed by atoms with Gasteiger partial charge in [0.1, 0.15) is 11.1 Å². The maximum absolute atomic E-state index is 13.6. The minimum absolute atomic E-state index is 0.0926. The molecule has 5 rings (SSSR count). The predicted octanol–water partition coefficient (Wildman–Crippen LogP) is 4.01. The number of nitrogens with zero attached hydrogens (tertiary/aromatic N) is 6. The van der Waals surface area contributed by atoms with Gasteiger partial charge in [-0.25, -0.2) is 4.79 Å². The average molecular weight is 519 g/mol. The predicted molar refractivity (Wildman–Crippen MR) is 144 cm³/mol. The maximum Gasteiger partial charge on any atom is 0.332 e. The topological polar surface area (TPSA) is 96.7 Å². The highest BCUT2D eigenvalue weighted by Crippen LogP contribution is 2.32. The Balaban J connectivity index is 1.89. The van der Waals surface area contributed by atoms with Crippen LogP contribution in [-0.2, 0) is 27.2 Å². The smallest absolute Gasteiger partial charge is 0.332 e. The molecule has 0 fully saturated rings. The number of Topliss-reactive ketones (excluding diaryl/α,β-unsaturated/α-hetero) is 1. The molecule has 1 aromatic carbocycles. The van der Waals surface area contributed by atoms with Crippen molar-refractivity contribution < 1.29 is 4.79 Å². The number of carbonyl (C=O) groups excluding carboxylic acids is 1. The molecule has 0 aliphatic rings. The van der Waals surface area contributed by atoms with E-state index in [4.69, 9.17) is 16.7 Å². The third-order valence-electron chi connectivity index (χ3n) is 6.58. The van der Waals surface area contributed by atoms with Crippen LogP contribution in [-0.4, -0.2) is 34.2 Å². The molecule has 10 heteroatoms. The number of hydrogen-bond donors (Lipinski definition) is 0. The molecule has 0 saturated carbocycles. The number of ketones is 1.